The molecule has 1 aliphatic rings. The van der Waals surface area contributed by atoms with Crippen LogP contribution >= 0.6 is 0 Å². The SMILES string of the molecule is CCOc1ccc(C(=O)N2CCC(C(=O)NCCc3ccccc3F)CC2)cc1OC. The molecule has 1 N–H and O–H groups in total. The second-order valence-electron chi connectivity index (χ2n) is 7.50. The van der Waals surface area contributed by atoms with Crippen molar-refractivity contribution in [2.24, 2.45) is 5.92 Å². The Morgan fingerprint density at radius 1 is 1.13 bits per heavy atom. The molecule has 0 aromatic heterocycles. The Morgan fingerprint density at radius 3 is 2.55 bits per heavy atom. The van der Waals surface area contributed by atoms with E-state index in [0.29, 0.717) is 68.1 Å². The molecule has 31 heavy (non-hydrogen) atoms. The maximum atomic E-state index is 13.7. The molecular weight excluding hydrogens is 399 g/mol. The van der Waals surface area contributed by atoms with Crippen molar-refractivity contribution in [2.45, 2.75) is 26.2 Å². The molecule has 3 rings (SSSR count). The van der Waals surface area contributed by atoms with Crippen molar-refractivity contribution in [3.8, 4) is 11.5 Å². The third-order valence-corrected chi connectivity index (χ3v) is 5.51. The van der Waals surface area contributed by atoms with Gasteiger partial charge in [-0.05, 0) is 56.0 Å². The molecule has 166 valence electrons. The number of methoxy groups -OCH3 is 1. The highest BCUT2D eigenvalue weighted by Gasteiger charge is 2.28. The van der Waals surface area contributed by atoms with Gasteiger partial charge in [0.2, 0.25) is 5.91 Å². The van der Waals surface area contributed by atoms with E-state index >= 15 is 0 Å². The molecule has 1 fully saturated rings. The van der Waals surface area contributed by atoms with Crippen LogP contribution in [0.2, 0.25) is 0 Å². The molecule has 0 atom stereocenters. The van der Waals surface area contributed by atoms with E-state index in [4.69, 9.17) is 9.47 Å². The molecule has 1 heterocycles. The first-order chi connectivity index (χ1) is 15.0. The van der Waals surface area contributed by atoms with E-state index in [0.717, 1.165) is 0 Å². The van der Waals surface area contributed by atoms with Crippen LogP contribution < -0.4 is 14.8 Å². The average molecular weight is 429 g/mol. The van der Waals surface area contributed by atoms with Crippen molar-refractivity contribution in [1.29, 1.82) is 0 Å². The fraction of sp³-hybridized carbons (Fsp3) is 0.417. The number of piperidine rings is 1. The molecule has 0 bridgehead atoms. The van der Waals surface area contributed by atoms with Gasteiger partial charge in [0, 0.05) is 31.1 Å². The van der Waals surface area contributed by atoms with Crippen LogP contribution in [-0.2, 0) is 11.2 Å². The highest BCUT2D eigenvalue weighted by Crippen LogP contribution is 2.29. The van der Waals surface area contributed by atoms with Crippen LogP contribution in [0, 0.1) is 11.7 Å². The molecule has 1 saturated heterocycles. The number of amides is 2. The first-order valence-corrected chi connectivity index (χ1v) is 10.6. The van der Waals surface area contributed by atoms with Gasteiger partial charge in [0.25, 0.3) is 5.91 Å². The molecule has 0 saturated carbocycles. The molecule has 2 aromatic carbocycles. The van der Waals surface area contributed by atoms with Gasteiger partial charge < -0.3 is 19.7 Å². The standard InChI is InChI=1S/C24H29FN2O4/c1-3-31-21-9-8-19(16-22(21)30-2)24(29)27-14-11-18(12-15-27)23(28)26-13-10-17-6-4-5-7-20(17)25/h4-9,16,18H,3,10-15H2,1-2H3,(H,26,28). The lowest BCUT2D eigenvalue weighted by Gasteiger charge is -2.31. The molecule has 6 nitrogen and oxygen atoms in total. The first kappa shape index (κ1) is 22.6. The quantitative estimate of drug-likeness (QED) is 0.699. The number of carbonyl (C=O) groups is 2. The Balaban J connectivity index is 1.49. The summed E-state index contributed by atoms with van der Waals surface area (Å²) in [5, 5.41) is 2.90. The second-order valence-corrected chi connectivity index (χ2v) is 7.50. The second kappa shape index (κ2) is 10.8. The van der Waals surface area contributed by atoms with E-state index in [1.54, 1.807) is 48.4 Å². The molecule has 1 aliphatic heterocycles. The summed E-state index contributed by atoms with van der Waals surface area (Å²) >= 11 is 0. The van der Waals surface area contributed by atoms with Crippen molar-refractivity contribution < 1.29 is 23.5 Å². The van der Waals surface area contributed by atoms with Crippen LogP contribution in [0.5, 0.6) is 11.5 Å². The minimum atomic E-state index is -0.255. The molecule has 2 amide bonds. The van der Waals surface area contributed by atoms with Gasteiger partial charge in [-0.2, -0.15) is 0 Å². The number of nitrogens with zero attached hydrogens (tertiary/aromatic N) is 1. The Kier molecular flexibility index (Phi) is 7.87. The lowest BCUT2D eigenvalue weighted by molar-refractivity contribution is -0.126. The molecule has 0 unspecified atom stereocenters. The monoisotopic (exact) mass is 428 g/mol. The number of halogens is 1. The van der Waals surface area contributed by atoms with Crippen LogP contribution in [-0.4, -0.2) is 50.1 Å². The number of rotatable bonds is 8. The van der Waals surface area contributed by atoms with E-state index < -0.39 is 0 Å². The Labute approximate surface area is 182 Å². The smallest absolute Gasteiger partial charge is 0.253 e. The number of ether oxygens (including phenoxy) is 2. The highest BCUT2D eigenvalue weighted by molar-refractivity contribution is 5.95. The number of benzene rings is 2. The lowest BCUT2D eigenvalue weighted by atomic mass is 9.95. The maximum absolute atomic E-state index is 13.7. The normalized spacial score (nSPS) is 14.2. The molecule has 0 aliphatic carbocycles. The van der Waals surface area contributed by atoms with Gasteiger partial charge in [-0.25, -0.2) is 4.39 Å². The van der Waals surface area contributed by atoms with Crippen molar-refractivity contribution >= 4 is 11.8 Å². The van der Waals surface area contributed by atoms with E-state index in [1.807, 2.05) is 6.92 Å². The lowest BCUT2D eigenvalue weighted by Crippen LogP contribution is -2.43. The van der Waals surface area contributed by atoms with Crippen LogP contribution in [0.1, 0.15) is 35.7 Å². The summed E-state index contributed by atoms with van der Waals surface area (Å²) in [6.45, 7) is 3.82. The van der Waals surface area contributed by atoms with Gasteiger partial charge >= 0.3 is 0 Å². The zero-order chi connectivity index (χ0) is 22.2. The minimum absolute atomic E-state index is 0.0359. The zero-order valence-electron chi connectivity index (χ0n) is 18.0. The van der Waals surface area contributed by atoms with Crippen molar-refractivity contribution in [2.75, 3.05) is 33.4 Å². The molecular formula is C24H29FN2O4. The largest absolute Gasteiger partial charge is 0.493 e. The summed E-state index contributed by atoms with van der Waals surface area (Å²) in [5.74, 6) is 0.615. The van der Waals surface area contributed by atoms with Gasteiger partial charge in [0.15, 0.2) is 11.5 Å². The van der Waals surface area contributed by atoms with Gasteiger partial charge in [-0.3, -0.25) is 9.59 Å². The summed E-state index contributed by atoms with van der Waals surface area (Å²) in [5.41, 5.74) is 1.13. The summed E-state index contributed by atoms with van der Waals surface area (Å²) < 4.78 is 24.5. The zero-order valence-corrected chi connectivity index (χ0v) is 18.0. The molecule has 0 spiro atoms. The maximum Gasteiger partial charge on any atom is 0.253 e. The fourth-order valence-electron chi connectivity index (χ4n) is 3.77. The topological polar surface area (TPSA) is 67.9 Å². The van der Waals surface area contributed by atoms with Gasteiger partial charge in [-0.15, -0.1) is 0 Å². The third kappa shape index (κ3) is 5.75. The fourth-order valence-corrected chi connectivity index (χ4v) is 3.77. The van der Waals surface area contributed by atoms with Gasteiger partial charge in [-0.1, -0.05) is 18.2 Å². The number of hydrogen-bond donors (Lipinski definition) is 1. The van der Waals surface area contributed by atoms with Gasteiger partial charge in [0.1, 0.15) is 5.82 Å². The molecule has 2 aromatic rings. The Hall–Kier alpha value is -3.09. The molecule has 7 heteroatoms. The van der Waals surface area contributed by atoms with Crippen LogP contribution in [0.4, 0.5) is 4.39 Å². The summed E-state index contributed by atoms with van der Waals surface area (Å²) in [6.07, 6.45) is 1.66. The van der Waals surface area contributed by atoms with Crippen molar-refractivity contribution in [3.63, 3.8) is 0 Å². The van der Waals surface area contributed by atoms with E-state index in [2.05, 4.69) is 5.32 Å². The van der Waals surface area contributed by atoms with Crippen LogP contribution in [0.25, 0.3) is 0 Å². The number of nitrogens with one attached hydrogen (secondary N) is 1. The Morgan fingerprint density at radius 2 is 1.87 bits per heavy atom. The van der Waals surface area contributed by atoms with Crippen molar-refractivity contribution in [3.05, 3.63) is 59.4 Å². The number of hydrogen-bond acceptors (Lipinski definition) is 4. The van der Waals surface area contributed by atoms with Crippen LogP contribution in [0.3, 0.4) is 0 Å². The summed E-state index contributed by atoms with van der Waals surface area (Å²) in [4.78, 5) is 27.1. The van der Waals surface area contributed by atoms with Crippen molar-refractivity contribution in [1.82, 2.24) is 10.2 Å². The van der Waals surface area contributed by atoms with E-state index in [-0.39, 0.29) is 23.5 Å². The van der Waals surface area contributed by atoms with E-state index in [9.17, 15) is 14.0 Å². The third-order valence-electron chi connectivity index (χ3n) is 5.51. The number of carbonyl (C=O) groups excluding carboxylic acids is 2. The van der Waals surface area contributed by atoms with Crippen LogP contribution in [0.15, 0.2) is 42.5 Å². The summed E-state index contributed by atoms with van der Waals surface area (Å²) in [6, 6.07) is 11.7. The minimum Gasteiger partial charge on any atom is -0.493 e. The number of likely N-dealkylation sites (tertiary alicyclic amines) is 1. The highest BCUT2D eigenvalue weighted by atomic mass is 19.1. The predicted octanol–water partition coefficient (Wildman–Crippen LogP) is 3.44. The summed E-state index contributed by atoms with van der Waals surface area (Å²) in [7, 11) is 1.54. The first-order valence-electron chi connectivity index (χ1n) is 10.6. The predicted molar refractivity (Wildman–Crippen MR) is 116 cm³/mol. The molecule has 0 radical (unpaired) electrons. The van der Waals surface area contributed by atoms with E-state index in [1.165, 1.54) is 6.07 Å². The Bertz CT molecular complexity index is 910. The van der Waals surface area contributed by atoms with Gasteiger partial charge in [0.05, 0.1) is 13.7 Å². The average Bonchev–Trinajstić information content (AvgIpc) is 2.80.